The van der Waals surface area contributed by atoms with Crippen molar-refractivity contribution in [2.24, 2.45) is 0 Å². The minimum Gasteiger partial charge on any atom is -0.507 e. The van der Waals surface area contributed by atoms with Crippen molar-refractivity contribution in [3.63, 3.8) is 0 Å². The molecule has 0 spiro atoms. The average Bonchev–Trinajstić information content (AvgIpc) is 2.91. The number of phenols is 1. The fourth-order valence-electron chi connectivity index (χ4n) is 2.23. The van der Waals surface area contributed by atoms with Crippen LogP contribution in [0.2, 0.25) is 0 Å². The van der Waals surface area contributed by atoms with Crippen LogP contribution in [0.15, 0.2) is 24.3 Å². The fraction of sp³-hybridized carbons (Fsp3) is 0.529. The summed E-state index contributed by atoms with van der Waals surface area (Å²) in [6, 6.07) is 6.37. The molecule has 0 saturated carbocycles. The van der Waals surface area contributed by atoms with Crippen molar-refractivity contribution >= 4 is 11.9 Å². The van der Waals surface area contributed by atoms with E-state index in [1.807, 2.05) is 0 Å². The number of carbonyl (C=O) groups excluding carboxylic acids is 2. The highest BCUT2D eigenvalue weighted by molar-refractivity contribution is 5.86. The first-order valence-corrected chi connectivity index (χ1v) is 7.79. The summed E-state index contributed by atoms with van der Waals surface area (Å²) in [5.74, 6) is -1.49. The highest BCUT2D eigenvalue weighted by atomic mass is 16.8. The van der Waals surface area contributed by atoms with Crippen LogP contribution in [0.5, 0.6) is 5.75 Å². The predicted octanol–water partition coefficient (Wildman–Crippen LogP) is 2.08. The van der Waals surface area contributed by atoms with E-state index < -0.39 is 30.4 Å². The van der Waals surface area contributed by atoms with Gasteiger partial charge in [-0.25, -0.2) is 9.59 Å². The summed E-state index contributed by atoms with van der Waals surface area (Å²) < 4.78 is 21.3. The van der Waals surface area contributed by atoms with Gasteiger partial charge in [0.15, 0.2) is 18.5 Å². The molecule has 1 aliphatic rings. The number of phenolic OH excluding ortho intramolecular Hbond substituents is 1. The van der Waals surface area contributed by atoms with Gasteiger partial charge in [0.2, 0.25) is 0 Å². The second-order valence-corrected chi connectivity index (χ2v) is 5.98. The number of hydrogen-bond donors (Lipinski definition) is 1. The lowest BCUT2D eigenvalue weighted by Gasteiger charge is -2.17. The molecule has 24 heavy (non-hydrogen) atoms. The normalized spacial score (nSPS) is 21.2. The average molecular weight is 338 g/mol. The van der Waals surface area contributed by atoms with Gasteiger partial charge in [-0.15, -0.1) is 0 Å². The molecule has 1 aromatic carbocycles. The molecule has 2 rings (SSSR count). The number of benzene rings is 1. The molecule has 1 heterocycles. The predicted molar refractivity (Wildman–Crippen MR) is 83.0 cm³/mol. The highest BCUT2D eigenvalue weighted by Crippen LogP contribution is 2.36. The summed E-state index contributed by atoms with van der Waals surface area (Å²) in [6.45, 7) is 6.76. The Hall–Kier alpha value is -2.12. The zero-order chi connectivity index (χ0) is 17.9. The summed E-state index contributed by atoms with van der Waals surface area (Å²) >= 11 is 0. The summed E-state index contributed by atoms with van der Waals surface area (Å²) in [5, 5.41) is 9.92. The molecule has 0 aliphatic carbocycles. The second kappa shape index (κ2) is 7.63. The number of carbonyl (C=O) groups is 2. The van der Waals surface area contributed by atoms with Crippen LogP contribution < -0.4 is 0 Å². The van der Waals surface area contributed by atoms with Gasteiger partial charge in [-0.2, -0.15) is 0 Å². The van der Waals surface area contributed by atoms with Crippen LogP contribution in [0, 0.1) is 0 Å². The Kier molecular flexibility index (Phi) is 5.80. The molecule has 0 bridgehead atoms. The molecule has 0 aromatic heterocycles. The SMILES string of the molecule is CC(C)OC(=O)[C@@H]1OC(c2ccccc2O)O[C@H]1C(=O)OC(C)C. The van der Waals surface area contributed by atoms with E-state index in [-0.39, 0.29) is 18.0 Å². The molecule has 7 heteroatoms. The Bertz CT molecular complexity index is 566. The first-order chi connectivity index (χ1) is 11.3. The van der Waals surface area contributed by atoms with Gasteiger partial charge in [-0.05, 0) is 33.8 Å². The number of para-hydroxylation sites is 1. The molecule has 1 N–H and O–H groups in total. The number of ether oxygens (including phenoxy) is 4. The van der Waals surface area contributed by atoms with E-state index in [1.165, 1.54) is 6.07 Å². The molecule has 2 atom stereocenters. The maximum Gasteiger partial charge on any atom is 0.339 e. The Morgan fingerprint density at radius 3 is 1.83 bits per heavy atom. The lowest BCUT2D eigenvalue weighted by molar-refractivity contribution is -0.167. The third kappa shape index (κ3) is 4.24. The molecular weight excluding hydrogens is 316 g/mol. The van der Waals surface area contributed by atoms with Crippen molar-refractivity contribution in [3.05, 3.63) is 29.8 Å². The minimum absolute atomic E-state index is 0.0589. The van der Waals surface area contributed by atoms with E-state index in [4.69, 9.17) is 18.9 Å². The number of esters is 2. The van der Waals surface area contributed by atoms with Crippen molar-refractivity contribution in [1.29, 1.82) is 0 Å². The molecule has 1 saturated heterocycles. The van der Waals surface area contributed by atoms with Crippen LogP contribution in [0.4, 0.5) is 0 Å². The monoisotopic (exact) mass is 338 g/mol. The van der Waals surface area contributed by atoms with Gasteiger partial charge in [0, 0.05) is 5.56 Å². The largest absolute Gasteiger partial charge is 0.507 e. The third-order valence-electron chi connectivity index (χ3n) is 3.17. The van der Waals surface area contributed by atoms with E-state index in [1.54, 1.807) is 45.9 Å². The van der Waals surface area contributed by atoms with E-state index in [2.05, 4.69) is 0 Å². The second-order valence-electron chi connectivity index (χ2n) is 5.98. The Morgan fingerprint density at radius 1 is 0.958 bits per heavy atom. The van der Waals surface area contributed by atoms with E-state index in [0.29, 0.717) is 5.56 Å². The van der Waals surface area contributed by atoms with E-state index in [9.17, 15) is 14.7 Å². The summed E-state index contributed by atoms with van der Waals surface area (Å²) in [6.07, 6.45) is -4.33. The Labute approximate surface area is 140 Å². The van der Waals surface area contributed by atoms with Crippen molar-refractivity contribution in [2.75, 3.05) is 0 Å². The first-order valence-electron chi connectivity index (χ1n) is 7.79. The molecule has 7 nitrogen and oxygen atoms in total. The van der Waals surface area contributed by atoms with E-state index in [0.717, 1.165) is 0 Å². The van der Waals surface area contributed by atoms with Crippen LogP contribution in [-0.2, 0) is 28.5 Å². The Morgan fingerprint density at radius 2 is 1.42 bits per heavy atom. The van der Waals surface area contributed by atoms with Crippen LogP contribution >= 0.6 is 0 Å². The van der Waals surface area contributed by atoms with Crippen molar-refractivity contribution in [3.8, 4) is 5.75 Å². The maximum absolute atomic E-state index is 12.2. The van der Waals surface area contributed by atoms with Gasteiger partial charge in [0.05, 0.1) is 12.2 Å². The minimum atomic E-state index is -1.26. The van der Waals surface area contributed by atoms with Gasteiger partial charge < -0.3 is 24.1 Å². The number of rotatable bonds is 5. The van der Waals surface area contributed by atoms with Crippen LogP contribution in [0.25, 0.3) is 0 Å². The van der Waals surface area contributed by atoms with Gasteiger partial charge in [-0.1, -0.05) is 18.2 Å². The number of aromatic hydroxyl groups is 1. The van der Waals surface area contributed by atoms with Gasteiger partial charge in [0.1, 0.15) is 5.75 Å². The molecule has 132 valence electrons. The summed E-state index contributed by atoms with van der Waals surface area (Å²) in [4.78, 5) is 24.4. The molecule has 0 radical (unpaired) electrons. The van der Waals surface area contributed by atoms with Crippen molar-refractivity contribution < 1.29 is 33.6 Å². The zero-order valence-electron chi connectivity index (χ0n) is 14.1. The third-order valence-corrected chi connectivity index (χ3v) is 3.17. The lowest BCUT2D eigenvalue weighted by Crippen LogP contribution is -2.40. The van der Waals surface area contributed by atoms with Crippen molar-refractivity contribution in [2.45, 2.75) is 58.4 Å². The standard InChI is InChI=1S/C17H22O7/c1-9(2)21-15(19)13-14(16(20)22-10(3)4)24-17(23-13)11-7-5-6-8-12(11)18/h5-10,13-14,17-18H,1-4H3/t13-,14-/m1/s1. The summed E-state index contributed by atoms with van der Waals surface area (Å²) in [7, 11) is 0. The summed E-state index contributed by atoms with van der Waals surface area (Å²) in [5.41, 5.74) is 0.319. The number of hydrogen-bond acceptors (Lipinski definition) is 7. The maximum atomic E-state index is 12.2. The molecule has 1 aliphatic heterocycles. The zero-order valence-corrected chi connectivity index (χ0v) is 14.1. The van der Waals surface area contributed by atoms with Gasteiger partial charge >= 0.3 is 11.9 Å². The quantitative estimate of drug-likeness (QED) is 0.822. The molecule has 1 fully saturated rings. The Balaban J connectivity index is 2.23. The van der Waals surface area contributed by atoms with Gasteiger partial charge in [-0.3, -0.25) is 0 Å². The topological polar surface area (TPSA) is 91.3 Å². The van der Waals surface area contributed by atoms with Crippen molar-refractivity contribution in [1.82, 2.24) is 0 Å². The molecular formula is C17H22O7. The van der Waals surface area contributed by atoms with Crippen LogP contribution in [-0.4, -0.2) is 41.5 Å². The van der Waals surface area contributed by atoms with Gasteiger partial charge in [0.25, 0.3) is 0 Å². The smallest absolute Gasteiger partial charge is 0.339 e. The fourth-order valence-corrected chi connectivity index (χ4v) is 2.23. The lowest BCUT2D eigenvalue weighted by atomic mass is 10.2. The van der Waals surface area contributed by atoms with Crippen LogP contribution in [0.3, 0.4) is 0 Å². The van der Waals surface area contributed by atoms with E-state index >= 15 is 0 Å². The van der Waals surface area contributed by atoms with Crippen LogP contribution in [0.1, 0.15) is 39.5 Å². The molecule has 0 unspecified atom stereocenters. The molecule has 1 aromatic rings. The highest BCUT2D eigenvalue weighted by Gasteiger charge is 2.48. The first kappa shape index (κ1) is 18.2. The molecule has 0 amide bonds.